The van der Waals surface area contributed by atoms with Gasteiger partial charge < -0.3 is 16.0 Å². The summed E-state index contributed by atoms with van der Waals surface area (Å²) in [4.78, 5) is 40.0. The van der Waals surface area contributed by atoms with E-state index in [4.69, 9.17) is 5.73 Å². The molecule has 0 unspecified atom stereocenters. The van der Waals surface area contributed by atoms with Crippen LogP contribution in [0.15, 0.2) is 66.0 Å². The second-order valence-electron chi connectivity index (χ2n) is 7.30. The van der Waals surface area contributed by atoms with Crippen LogP contribution in [0.3, 0.4) is 0 Å². The van der Waals surface area contributed by atoms with Gasteiger partial charge in [0.15, 0.2) is 0 Å². The van der Waals surface area contributed by atoms with E-state index in [-0.39, 0.29) is 24.3 Å². The highest BCUT2D eigenvalue weighted by molar-refractivity contribution is 7.10. The molecule has 0 bridgehead atoms. The highest BCUT2D eigenvalue weighted by Gasteiger charge is 2.45. The lowest BCUT2D eigenvalue weighted by Crippen LogP contribution is -2.32. The normalized spacial score (nSPS) is 18.4. The van der Waals surface area contributed by atoms with Gasteiger partial charge in [0.05, 0.1) is 12.0 Å². The van der Waals surface area contributed by atoms with Crippen molar-refractivity contribution < 1.29 is 14.4 Å². The highest BCUT2D eigenvalue weighted by Crippen LogP contribution is 2.43. The number of benzene rings is 2. The van der Waals surface area contributed by atoms with Crippen LogP contribution in [0.1, 0.15) is 33.3 Å². The molecule has 1 aliphatic rings. The van der Waals surface area contributed by atoms with Gasteiger partial charge in [0.1, 0.15) is 0 Å². The van der Waals surface area contributed by atoms with E-state index in [2.05, 4.69) is 5.32 Å². The third-order valence-corrected chi connectivity index (χ3v) is 6.19. The Morgan fingerprint density at radius 1 is 1.07 bits per heavy atom. The van der Waals surface area contributed by atoms with Crippen LogP contribution in [-0.4, -0.2) is 17.7 Å². The van der Waals surface area contributed by atoms with E-state index in [1.54, 1.807) is 29.2 Å². The number of anilines is 2. The van der Waals surface area contributed by atoms with Crippen LogP contribution in [0.4, 0.5) is 11.4 Å². The standard InChI is InChI=1S/C23H21N3O3S/c1-14-4-10-17(11-5-14)26-20(27)13-18(21(26)19-3-2-12-30-19)23(29)25-16-8-6-15(7-9-16)22(24)28/h2-12,18,21H,13H2,1H3,(H2,24,28)(H,25,29)/t18-,21-/m0/s1. The van der Waals surface area contributed by atoms with E-state index in [0.717, 1.165) is 16.1 Å². The Kier molecular flexibility index (Phi) is 5.37. The number of aryl methyl sites for hydroxylation is 1. The van der Waals surface area contributed by atoms with Gasteiger partial charge in [-0.15, -0.1) is 11.3 Å². The van der Waals surface area contributed by atoms with Crippen molar-refractivity contribution in [1.29, 1.82) is 0 Å². The molecule has 2 heterocycles. The lowest BCUT2D eigenvalue weighted by Gasteiger charge is -2.27. The van der Waals surface area contributed by atoms with E-state index in [9.17, 15) is 14.4 Å². The zero-order valence-corrected chi connectivity index (χ0v) is 17.2. The van der Waals surface area contributed by atoms with Crippen LogP contribution < -0.4 is 16.0 Å². The number of carbonyl (C=O) groups excluding carboxylic acids is 3. The SMILES string of the molecule is Cc1ccc(N2C(=O)C[C@H](C(=O)Nc3ccc(C(N)=O)cc3)[C@H]2c2cccs2)cc1. The fourth-order valence-electron chi connectivity index (χ4n) is 3.72. The summed E-state index contributed by atoms with van der Waals surface area (Å²) < 4.78 is 0. The molecule has 6 nitrogen and oxygen atoms in total. The molecule has 1 fully saturated rings. The van der Waals surface area contributed by atoms with Gasteiger partial charge in [0, 0.05) is 28.2 Å². The van der Waals surface area contributed by atoms with Crippen molar-refractivity contribution in [2.24, 2.45) is 11.7 Å². The highest BCUT2D eigenvalue weighted by atomic mass is 32.1. The van der Waals surface area contributed by atoms with Crippen LogP contribution in [-0.2, 0) is 9.59 Å². The quantitative estimate of drug-likeness (QED) is 0.657. The van der Waals surface area contributed by atoms with Gasteiger partial charge >= 0.3 is 0 Å². The van der Waals surface area contributed by atoms with Gasteiger partial charge in [-0.05, 0) is 54.8 Å². The molecular formula is C23H21N3O3S. The minimum Gasteiger partial charge on any atom is -0.366 e. The number of hydrogen-bond acceptors (Lipinski definition) is 4. The first-order valence-electron chi connectivity index (χ1n) is 9.57. The minimum absolute atomic E-state index is 0.0820. The molecule has 3 aromatic rings. The van der Waals surface area contributed by atoms with Gasteiger partial charge in [-0.2, -0.15) is 0 Å². The lowest BCUT2D eigenvalue weighted by atomic mass is 9.97. The summed E-state index contributed by atoms with van der Waals surface area (Å²) >= 11 is 1.53. The summed E-state index contributed by atoms with van der Waals surface area (Å²) in [7, 11) is 0. The van der Waals surface area contributed by atoms with E-state index < -0.39 is 11.8 Å². The molecule has 3 N–H and O–H groups in total. The number of carbonyl (C=O) groups is 3. The molecule has 30 heavy (non-hydrogen) atoms. The van der Waals surface area contributed by atoms with Gasteiger partial charge in [-0.1, -0.05) is 23.8 Å². The van der Waals surface area contributed by atoms with E-state index in [1.807, 2.05) is 48.7 Å². The van der Waals surface area contributed by atoms with Gasteiger partial charge in [0.2, 0.25) is 17.7 Å². The minimum atomic E-state index is -0.534. The summed E-state index contributed by atoms with van der Waals surface area (Å²) in [5, 5.41) is 4.83. The van der Waals surface area contributed by atoms with Gasteiger partial charge in [-0.25, -0.2) is 0 Å². The molecule has 0 aliphatic carbocycles. The van der Waals surface area contributed by atoms with Crippen molar-refractivity contribution in [3.05, 3.63) is 82.0 Å². The number of nitrogens with one attached hydrogen (secondary N) is 1. The number of nitrogens with two attached hydrogens (primary N) is 1. The molecule has 4 rings (SSSR count). The first-order chi connectivity index (χ1) is 14.4. The topological polar surface area (TPSA) is 92.5 Å². The third kappa shape index (κ3) is 3.84. The van der Waals surface area contributed by atoms with Crippen molar-refractivity contribution in [3.8, 4) is 0 Å². The Hall–Kier alpha value is -3.45. The number of amides is 3. The predicted octanol–water partition coefficient (Wildman–Crippen LogP) is 3.89. The zero-order valence-electron chi connectivity index (χ0n) is 16.4. The number of hydrogen-bond donors (Lipinski definition) is 2. The van der Waals surface area contributed by atoms with Crippen molar-refractivity contribution in [2.75, 3.05) is 10.2 Å². The summed E-state index contributed by atoms with van der Waals surface area (Å²) in [5.74, 6) is -1.38. The first-order valence-corrected chi connectivity index (χ1v) is 10.4. The van der Waals surface area contributed by atoms with E-state index in [1.165, 1.54) is 11.3 Å². The average Bonchev–Trinajstić information content (AvgIpc) is 3.37. The van der Waals surface area contributed by atoms with E-state index in [0.29, 0.717) is 11.3 Å². The fourth-order valence-corrected chi connectivity index (χ4v) is 4.60. The maximum Gasteiger partial charge on any atom is 0.248 e. The summed E-state index contributed by atoms with van der Waals surface area (Å²) in [5.41, 5.74) is 8.07. The molecule has 152 valence electrons. The molecule has 0 radical (unpaired) electrons. The van der Waals surface area contributed by atoms with Crippen molar-refractivity contribution in [3.63, 3.8) is 0 Å². The number of rotatable bonds is 5. The van der Waals surface area contributed by atoms with Crippen LogP contribution in [0.5, 0.6) is 0 Å². The molecule has 2 atom stereocenters. The maximum atomic E-state index is 13.1. The summed E-state index contributed by atoms with van der Waals surface area (Å²) in [6.07, 6.45) is 0.127. The van der Waals surface area contributed by atoms with Crippen molar-refractivity contribution in [2.45, 2.75) is 19.4 Å². The number of nitrogens with zero attached hydrogens (tertiary/aromatic N) is 1. The molecule has 1 aliphatic heterocycles. The zero-order chi connectivity index (χ0) is 21.3. The Morgan fingerprint density at radius 3 is 2.37 bits per heavy atom. The smallest absolute Gasteiger partial charge is 0.248 e. The number of thiophene rings is 1. The molecule has 7 heteroatoms. The van der Waals surface area contributed by atoms with E-state index >= 15 is 0 Å². The van der Waals surface area contributed by atoms with Crippen LogP contribution in [0.2, 0.25) is 0 Å². The molecule has 0 saturated carbocycles. The predicted molar refractivity (Wildman–Crippen MR) is 117 cm³/mol. The maximum absolute atomic E-state index is 13.1. The number of primary amides is 1. The lowest BCUT2D eigenvalue weighted by molar-refractivity contribution is -0.122. The molecule has 1 saturated heterocycles. The van der Waals surface area contributed by atoms with Gasteiger partial charge in [-0.3, -0.25) is 14.4 Å². The third-order valence-electron chi connectivity index (χ3n) is 5.24. The fraction of sp³-hybridized carbons (Fsp3) is 0.174. The second kappa shape index (κ2) is 8.12. The van der Waals surface area contributed by atoms with Crippen LogP contribution in [0.25, 0.3) is 0 Å². The monoisotopic (exact) mass is 419 g/mol. The molecule has 0 spiro atoms. The van der Waals surface area contributed by atoms with Crippen molar-refractivity contribution in [1.82, 2.24) is 0 Å². The largest absolute Gasteiger partial charge is 0.366 e. The Bertz CT molecular complexity index is 1080. The second-order valence-corrected chi connectivity index (χ2v) is 8.28. The molecule has 1 aromatic heterocycles. The first kappa shape index (κ1) is 19.8. The summed E-state index contributed by atoms with van der Waals surface area (Å²) in [6.45, 7) is 1.99. The molecular weight excluding hydrogens is 398 g/mol. The van der Waals surface area contributed by atoms with Gasteiger partial charge in [0.25, 0.3) is 0 Å². The van der Waals surface area contributed by atoms with Crippen LogP contribution >= 0.6 is 11.3 Å². The summed E-state index contributed by atoms with van der Waals surface area (Å²) in [6, 6.07) is 17.6. The molecule has 2 aromatic carbocycles. The molecule has 3 amide bonds. The Balaban J connectivity index is 1.62. The van der Waals surface area contributed by atoms with Crippen LogP contribution in [0, 0.1) is 12.8 Å². The van der Waals surface area contributed by atoms with Crippen molar-refractivity contribution >= 4 is 40.4 Å². The Labute approximate surface area is 178 Å². The average molecular weight is 420 g/mol. The Morgan fingerprint density at radius 2 is 1.77 bits per heavy atom.